The maximum absolute atomic E-state index is 15.3. The highest BCUT2D eigenvalue weighted by Crippen LogP contribution is 2.38. The van der Waals surface area contributed by atoms with Gasteiger partial charge in [-0.3, -0.25) is 33.9 Å². The molecule has 5 N–H and O–H groups in total. The number of anilines is 3. The predicted molar refractivity (Wildman–Crippen MR) is 261 cm³/mol. The lowest BCUT2D eigenvalue weighted by Crippen LogP contribution is -2.40. The Hall–Kier alpha value is -6.07. The first-order valence-electron chi connectivity index (χ1n) is 23.6. The van der Waals surface area contributed by atoms with E-state index in [1.54, 1.807) is 42.5 Å². The third-order valence-electron chi connectivity index (χ3n) is 13.1. The van der Waals surface area contributed by atoms with Gasteiger partial charge in [-0.2, -0.15) is 4.37 Å². The van der Waals surface area contributed by atoms with E-state index in [1.807, 2.05) is 6.07 Å². The Morgan fingerprint density at radius 3 is 2.42 bits per heavy atom. The molecule has 0 radical (unpaired) electrons. The standard InChI is InChI=1S/C48H56ClFN10O9S2/c1-60-44(62)21-37(45(60)30-4-2-15-51-24-30)47(64)52-16-19-69-35-12-10-34(11-13-35)68-17-3-5-43(61)57-32-8-6-29(7-9-32)46(63)54-25-33-20-36(31-14-18-67-27-31)41(26-53-33)58-40-23-39(50)42(22-38(40)49)71(65,66)59-48-55-28-56-70-48/h2,4,14-15,18,20,22-24,26-29,32,34-35,37,45,58H,3,5-13,16-17,19,21,25H2,1H3,(H,52,64)(H,54,63)(H,57,61)(H,55,56,59)/t29?,32?,34?,35?,37-,45+/m0/s1. The predicted octanol–water partition coefficient (Wildman–Crippen LogP) is 6.68. The van der Waals surface area contributed by atoms with Gasteiger partial charge in [0.25, 0.3) is 10.0 Å². The van der Waals surface area contributed by atoms with Crippen LogP contribution >= 0.6 is 23.1 Å². The van der Waals surface area contributed by atoms with Crippen molar-refractivity contribution in [1.82, 2.24) is 40.2 Å². The summed E-state index contributed by atoms with van der Waals surface area (Å²) in [5.74, 6) is -2.11. The van der Waals surface area contributed by atoms with E-state index >= 15 is 4.39 Å². The fraction of sp³-hybridized carbons (Fsp3) is 0.458. The first kappa shape index (κ1) is 51.3. The van der Waals surface area contributed by atoms with Gasteiger partial charge < -0.3 is 40.1 Å². The Bertz CT molecular complexity index is 2720. The van der Waals surface area contributed by atoms with Gasteiger partial charge in [-0.15, -0.1) is 0 Å². The SMILES string of the molecule is CN1C(=O)C[C@H](C(=O)NCCOC2CCC(OCCCC(=O)NC3CCC(C(=O)NCc4cc(-c5ccoc5)c(Nc5cc(F)c(S(=O)(=O)Nc6ncns6)cc5Cl)cn4)CC3)CC2)[C@H]1c1cccnc1. The molecule has 19 nitrogen and oxygen atoms in total. The van der Waals surface area contributed by atoms with Crippen molar-refractivity contribution >= 4 is 73.3 Å². The zero-order chi connectivity index (χ0) is 49.9. The molecule has 4 amide bonds. The van der Waals surface area contributed by atoms with Crippen LogP contribution in [-0.2, 0) is 45.2 Å². The first-order valence-corrected chi connectivity index (χ1v) is 26.3. The molecule has 3 aliphatic rings. The lowest BCUT2D eigenvalue weighted by molar-refractivity contribution is -0.128. The first-order chi connectivity index (χ1) is 34.3. The molecule has 0 bridgehead atoms. The Balaban J connectivity index is 0.700. The Morgan fingerprint density at radius 2 is 1.72 bits per heavy atom. The number of rotatable bonds is 21. The molecule has 5 aromatic rings. The number of hydrogen-bond donors (Lipinski definition) is 5. The normalized spacial score (nSPS) is 21.4. The molecule has 3 fully saturated rings. The highest BCUT2D eigenvalue weighted by molar-refractivity contribution is 7.93. The number of pyridine rings is 2. The summed E-state index contributed by atoms with van der Waals surface area (Å²) in [5, 5.41) is 12.0. The molecule has 8 rings (SSSR count). The second-order valence-electron chi connectivity index (χ2n) is 17.9. The average Bonchev–Trinajstić information content (AvgIpc) is 4.16. The second kappa shape index (κ2) is 23.9. The molecule has 2 atom stereocenters. The summed E-state index contributed by atoms with van der Waals surface area (Å²) in [6.45, 7) is 1.38. The van der Waals surface area contributed by atoms with E-state index in [2.05, 4.69) is 45.3 Å². The molecule has 378 valence electrons. The van der Waals surface area contributed by atoms with Crippen LogP contribution in [-0.4, -0.2) is 101 Å². The van der Waals surface area contributed by atoms with Gasteiger partial charge in [0.2, 0.25) is 28.8 Å². The number of ether oxygens (including phenoxy) is 2. The molecule has 0 unspecified atom stereocenters. The zero-order valence-electron chi connectivity index (χ0n) is 39.0. The van der Waals surface area contributed by atoms with E-state index in [9.17, 15) is 27.6 Å². The molecular formula is C48H56ClFN10O9S2. The van der Waals surface area contributed by atoms with Crippen LogP contribution in [0.2, 0.25) is 5.02 Å². The fourth-order valence-corrected chi connectivity index (χ4v) is 11.4. The minimum atomic E-state index is -4.35. The number of likely N-dealkylation sites (tertiary alicyclic amines) is 1. The fourth-order valence-electron chi connectivity index (χ4n) is 9.33. The summed E-state index contributed by atoms with van der Waals surface area (Å²) in [7, 11) is -2.63. The van der Waals surface area contributed by atoms with Crippen molar-refractivity contribution in [2.75, 3.05) is 36.8 Å². The maximum Gasteiger partial charge on any atom is 0.266 e. The number of nitrogens with one attached hydrogen (secondary N) is 5. The number of amides is 4. The van der Waals surface area contributed by atoms with Gasteiger partial charge in [0, 0.05) is 86.1 Å². The summed E-state index contributed by atoms with van der Waals surface area (Å²) < 4.78 is 64.4. The lowest BCUT2D eigenvalue weighted by atomic mass is 9.85. The van der Waals surface area contributed by atoms with E-state index in [0.29, 0.717) is 80.8 Å². The molecule has 1 aromatic carbocycles. The molecular weight excluding hydrogens is 979 g/mol. The van der Waals surface area contributed by atoms with Gasteiger partial charge in [-0.05, 0) is 87.6 Å². The smallest absolute Gasteiger partial charge is 0.266 e. The second-order valence-corrected chi connectivity index (χ2v) is 20.7. The summed E-state index contributed by atoms with van der Waals surface area (Å²) in [6, 6.07) is 8.80. The van der Waals surface area contributed by atoms with Crippen molar-refractivity contribution in [2.24, 2.45) is 11.8 Å². The quantitative estimate of drug-likeness (QED) is 0.0482. The molecule has 1 aliphatic heterocycles. The van der Waals surface area contributed by atoms with E-state index in [4.69, 9.17) is 25.5 Å². The summed E-state index contributed by atoms with van der Waals surface area (Å²) in [5.41, 5.74) is 3.18. The lowest BCUT2D eigenvalue weighted by Gasteiger charge is -2.29. The summed E-state index contributed by atoms with van der Waals surface area (Å²) >= 11 is 7.26. The molecule has 5 heterocycles. The Kier molecular flexibility index (Phi) is 17.3. The van der Waals surface area contributed by atoms with Crippen LogP contribution < -0.4 is 26.0 Å². The number of halogens is 2. The van der Waals surface area contributed by atoms with Gasteiger partial charge in [-0.1, -0.05) is 17.7 Å². The number of benzene rings is 1. The van der Waals surface area contributed by atoms with Crippen LogP contribution in [0.1, 0.15) is 87.9 Å². The number of hydrogen-bond acceptors (Lipinski definition) is 15. The van der Waals surface area contributed by atoms with Gasteiger partial charge in [-0.25, -0.2) is 17.8 Å². The van der Waals surface area contributed by atoms with Crippen molar-refractivity contribution in [3.05, 3.63) is 95.9 Å². The number of furan rings is 1. The highest BCUT2D eigenvalue weighted by Gasteiger charge is 2.42. The van der Waals surface area contributed by atoms with E-state index in [1.165, 1.54) is 25.1 Å². The molecule has 71 heavy (non-hydrogen) atoms. The van der Waals surface area contributed by atoms with Crippen LogP contribution in [0.3, 0.4) is 0 Å². The third-order valence-corrected chi connectivity index (χ3v) is 15.5. The molecule has 23 heteroatoms. The molecule has 2 aliphatic carbocycles. The van der Waals surface area contributed by atoms with Crippen LogP contribution in [0.5, 0.6) is 0 Å². The van der Waals surface area contributed by atoms with Gasteiger partial charge in [0.15, 0.2) is 0 Å². The summed E-state index contributed by atoms with van der Waals surface area (Å²) in [4.78, 5) is 65.0. The molecule has 2 saturated carbocycles. The van der Waals surface area contributed by atoms with Gasteiger partial charge >= 0.3 is 0 Å². The minimum absolute atomic E-state index is 0.00649. The third kappa shape index (κ3) is 13.5. The van der Waals surface area contributed by atoms with Crippen molar-refractivity contribution < 1.29 is 45.9 Å². The maximum atomic E-state index is 15.3. The van der Waals surface area contributed by atoms with Crippen molar-refractivity contribution in [2.45, 2.75) is 106 Å². The van der Waals surface area contributed by atoms with Crippen LogP contribution in [0, 0.1) is 17.7 Å². The number of sulfonamides is 1. The molecule has 1 saturated heterocycles. The van der Waals surface area contributed by atoms with Gasteiger partial charge in [0.05, 0.1) is 78.1 Å². The number of carbonyl (C=O) groups is 4. The Labute approximate surface area is 419 Å². The topological polar surface area (TPSA) is 249 Å². The number of carbonyl (C=O) groups excluding carboxylic acids is 4. The largest absolute Gasteiger partial charge is 0.472 e. The van der Waals surface area contributed by atoms with E-state index in [-0.39, 0.29) is 82.6 Å². The van der Waals surface area contributed by atoms with Crippen LogP contribution in [0.25, 0.3) is 11.1 Å². The number of aromatic nitrogens is 4. The molecule has 4 aromatic heterocycles. The number of nitrogens with zero attached hydrogens (tertiary/aromatic N) is 5. The monoisotopic (exact) mass is 1030 g/mol. The average molecular weight is 1040 g/mol. The Morgan fingerprint density at radius 1 is 0.944 bits per heavy atom. The zero-order valence-corrected chi connectivity index (χ0v) is 41.4. The van der Waals surface area contributed by atoms with E-state index in [0.717, 1.165) is 54.9 Å². The van der Waals surface area contributed by atoms with Crippen molar-refractivity contribution in [3.8, 4) is 11.1 Å². The van der Waals surface area contributed by atoms with E-state index < -0.39 is 26.7 Å². The molecule has 0 spiro atoms. The van der Waals surface area contributed by atoms with Gasteiger partial charge in [0.1, 0.15) is 17.0 Å². The summed E-state index contributed by atoms with van der Waals surface area (Å²) in [6.07, 6.45) is 16.4. The van der Waals surface area contributed by atoms with Crippen LogP contribution in [0.15, 0.2) is 83.2 Å². The minimum Gasteiger partial charge on any atom is -0.472 e. The highest BCUT2D eigenvalue weighted by atomic mass is 35.5. The van der Waals surface area contributed by atoms with Crippen molar-refractivity contribution in [1.29, 1.82) is 0 Å². The van der Waals surface area contributed by atoms with Crippen LogP contribution in [0.4, 0.5) is 20.9 Å². The van der Waals surface area contributed by atoms with Crippen molar-refractivity contribution in [3.63, 3.8) is 0 Å².